The third-order valence-electron chi connectivity index (χ3n) is 7.19. The predicted octanol–water partition coefficient (Wildman–Crippen LogP) is 4.27. The van der Waals surface area contributed by atoms with E-state index in [-0.39, 0.29) is 11.5 Å². The molecule has 200 valence electrons. The van der Waals surface area contributed by atoms with Crippen molar-refractivity contribution in [1.29, 1.82) is 0 Å². The van der Waals surface area contributed by atoms with Gasteiger partial charge in [-0.1, -0.05) is 35.9 Å². The molecule has 0 spiro atoms. The van der Waals surface area contributed by atoms with Crippen molar-refractivity contribution in [2.75, 3.05) is 27.2 Å². The fourth-order valence-electron chi connectivity index (χ4n) is 5.17. The molecule has 1 amide bonds. The van der Waals surface area contributed by atoms with Crippen molar-refractivity contribution in [3.8, 4) is 0 Å². The van der Waals surface area contributed by atoms with E-state index in [9.17, 15) is 9.59 Å². The van der Waals surface area contributed by atoms with E-state index in [1.54, 1.807) is 7.05 Å². The van der Waals surface area contributed by atoms with Gasteiger partial charge >= 0.3 is 0 Å². The molecule has 0 radical (unpaired) electrons. The molecule has 1 aliphatic heterocycles. The number of nitrogens with zero attached hydrogens (tertiary/aromatic N) is 2. The summed E-state index contributed by atoms with van der Waals surface area (Å²) in [5.41, 5.74) is 13.1. The summed E-state index contributed by atoms with van der Waals surface area (Å²) in [5.74, 6) is 0.361. The Kier molecular flexibility index (Phi) is 9.26. The van der Waals surface area contributed by atoms with E-state index < -0.39 is 5.54 Å². The Morgan fingerprint density at radius 2 is 1.97 bits per heavy atom. The average Bonchev–Trinajstić information content (AvgIpc) is 2.95. The Morgan fingerprint density at radius 3 is 2.57 bits per heavy atom. The Labute approximate surface area is 221 Å². The topological polar surface area (TPSA) is 97.5 Å². The smallest absolute Gasteiger partial charge is 0.293 e. The van der Waals surface area contributed by atoms with Gasteiger partial charge in [-0.25, -0.2) is 0 Å². The molecule has 0 saturated carbocycles. The van der Waals surface area contributed by atoms with Crippen LogP contribution in [0.5, 0.6) is 0 Å². The molecule has 2 aliphatic rings. The van der Waals surface area contributed by atoms with Crippen LogP contribution in [0.1, 0.15) is 74.4 Å². The summed E-state index contributed by atoms with van der Waals surface area (Å²) >= 11 is 0. The summed E-state index contributed by atoms with van der Waals surface area (Å²) in [6.07, 6.45) is 7.28. The minimum Gasteiger partial charge on any atom is -0.462 e. The maximum Gasteiger partial charge on any atom is 0.293 e. The number of hydrogen-bond donors (Lipinski definition) is 2. The Hall–Kier alpha value is -3.03. The number of fused-ring (bicyclic) bond motifs is 2. The molecule has 0 bridgehead atoms. The maximum absolute atomic E-state index is 12.0. The average molecular weight is 507 g/mol. The molecule has 37 heavy (non-hydrogen) atoms. The normalized spacial score (nSPS) is 19.8. The first-order valence-electron chi connectivity index (χ1n) is 13.1. The van der Waals surface area contributed by atoms with Crippen LogP contribution in [0.3, 0.4) is 0 Å². The summed E-state index contributed by atoms with van der Waals surface area (Å²) in [4.78, 5) is 28.8. The minimum absolute atomic E-state index is 0.0457. The quantitative estimate of drug-likeness (QED) is 0.588. The number of ether oxygens (including phenoxy) is 1. The minimum atomic E-state index is -0.647. The number of piperidine rings is 1. The van der Waals surface area contributed by atoms with E-state index in [2.05, 4.69) is 59.3 Å². The SMILES string of the molecule is CC(C)(C)OC=O.CNC(=O)CCC1=Cc2cc(C)ccc2C(N)(C2CCN(C)CC2)c2ncccc21. The van der Waals surface area contributed by atoms with Gasteiger partial charge < -0.3 is 20.7 Å². The molecule has 1 aromatic carbocycles. The van der Waals surface area contributed by atoms with Gasteiger partial charge in [0.25, 0.3) is 6.47 Å². The number of pyridine rings is 1. The van der Waals surface area contributed by atoms with Crippen molar-refractivity contribution < 1.29 is 14.3 Å². The molecule has 1 aromatic heterocycles. The third kappa shape index (κ3) is 6.84. The van der Waals surface area contributed by atoms with E-state index >= 15 is 0 Å². The largest absolute Gasteiger partial charge is 0.462 e. The van der Waals surface area contributed by atoms with Gasteiger partial charge in [-0.05, 0) is 95.8 Å². The molecule has 4 rings (SSSR count). The maximum atomic E-state index is 12.0. The fourth-order valence-corrected chi connectivity index (χ4v) is 5.17. The van der Waals surface area contributed by atoms with Gasteiger partial charge in [0.2, 0.25) is 5.91 Å². The molecule has 7 heteroatoms. The second kappa shape index (κ2) is 12.0. The van der Waals surface area contributed by atoms with Gasteiger partial charge in [0.1, 0.15) is 5.60 Å². The highest BCUT2D eigenvalue weighted by Gasteiger charge is 2.44. The second-order valence-electron chi connectivity index (χ2n) is 11.1. The van der Waals surface area contributed by atoms with E-state index in [1.165, 1.54) is 5.56 Å². The second-order valence-corrected chi connectivity index (χ2v) is 11.1. The fraction of sp³-hybridized carbons (Fsp3) is 0.500. The summed E-state index contributed by atoms with van der Waals surface area (Å²) in [6, 6.07) is 10.7. The summed E-state index contributed by atoms with van der Waals surface area (Å²) in [7, 11) is 3.86. The lowest BCUT2D eigenvalue weighted by molar-refractivity contribution is -0.138. The Morgan fingerprint density at radius 1 is 1.27 bits per heavy atom. The number of benzene rings is 1. The van der Waals surface area contributed by atoms with E-state index in [0.29, 0.717) is 25.2 Å². The lowest BCUT2D eigenvalue weighted by atomic mass is 9.70. The highest BCUT2D eigenvalue weighted by atomic mass is 16.5. The Bertz CT molecular complexity index is 1130. The number of rotatable bonds is 5. The van der Waals surface area contributed by atoms with Gasteiger partial charge in [-0.2, -0.15) is 0 Å². The van der Waals surface area contributed by atoms with E-state index in [0.717, 1.165) is 53.9 Å². The standard InChI is InChI=1S/C25H32N4O.C5H10O2/c1-17-6-8-22-19(15-17)16-18(7-9-23(30)27-2)21-5-4-12-28-24(21)25(22,26)20-10-13-29(3)14-11-20;1-5(2,3)7-4-6/h4-6,8,12,15-16,20H,7,9-11,13-14,26H2,1-3H3,(H,27,30);4H,1-3H3. The van der Waals surface area contributed by atoms with Crippen LogP contribution in [0.25, 0.3) is 11.6 Å². The van der Waals surface area contributed by atoms with Crippen LogP contribution in [0.4, 0.5) is 0 Å². The first kappa shape index (κ1) is 28.5. The number of allylic oxidation sites excluding steroid dienone is 1. The zero-order valence-corrected chi connectivity index (χ0v) is 23.1. The zero-order chi connectivity index (χ0) is 27.2. The third-order valence-corrected chi connectivity index (χ3v) is 7.19. The van der Waals surface area contributed by atoms with Crippen LogP contribution in [0.2, 0.25) is 0 Å². The van der Waals surface area contributed by atoms with Crippen LogP contribution in [-0.2, 0) is 19.9 Å². The number of aromatic nitrogens is 1. The van der Waals surface area contributed by atoms with Crippen molar-refractivity contribution in [3.63, 3.8) is 0 Å². The van der Waals surface area contributed by atoms with Crippen molar-refractivity contribution in [1.82, 2.24) is 15.2 Å². The Balaban J connectivity index is 0.000000479. The van der Waals surface area contributed by atoms with Crippen LogP contribution >= 0.6 is 0 Å². The first-order chi connectivity index (χ1) is 17.5. The molecular weight excluding hydrogens is 464 g/mol. The van der Waals surface area contributed by atoms with Gasteiger partial charge in [0.05, 0.1) is 11.2 Å². The van der Waals surface area contributed by atoms with E-state index in [4.69, 9.17) is 10.7 Å². The predicted molar refractivity (Wildman–Crippen MR) is 149 cm³/mol. The van der Waals surface area contributed by atoms with Crippen LogP contribution in [0, 0.1) is 12.8 Å². The summed E-state index contributed by atoms with van der Waals surface area (Å²) in [6.45, 7) is 10.1. The lowest BCUT2D eigenvalue weighted by Crippen LogP contribution is -2.50. The van der Waals surface area contributed by atoms with E-state index in [1.807, 2.05) is 33.0 Å². The van der Waals surface area contributed by atoms with Crippen molar-refractivity contribution in [3.05, 3.63) is 64.5 Å². The molecule has 1 fully saturated rings. The number of hydrogen-bond acceptors (Lipinski definition) is 6. The van der Waals surface area contributed by atoms with Crippen LogP contribution in [0.15, 0.2) is 36.5 Å². The number of carbonyl (C=O) groups excluding carboxylic acids is 2. The molecular formula is C30H42N4O3. The first-order valence-corrected chi connectivity index (χ1v) is 13.1. The number of likely N-dealkylation sites (tertiary alicyclic amines) is 1. The molecule has 1 aliphatic carbocycles. The van der Waals surface area contributed by atoms with Crippen molar-refractivity contribution in [2.24, 2.45) is 11.7 Å². The lowest BCUT2D eigenvalue weighted by Gasteiger charge is -2.42. The molecule has 1 atom stereocenters. The number of amides is 1. The molecule has 3 N–H and O–H groups in total. The molecule has 2 heterocycles. The van der Waals surface area contributed by atoms with Gasteiger partial charge in [0, 0.05) is 25.2 Å². The molecule has 7 nitrogen and oxygen atoms in total. The molecule has 2 aromatic rings. The number of nitrogens with two attached hydrogens (primary N) is 1. The highest BCUT2D eigenvalue weighted by Crippen LogP contribution is 2.46. The van der Waals surface area contributed by atoms with Crippen LogP contribution < -0.4 is 11.1 Å². The summed E-state index contributed by atoms with van der Waals surface area (Å²) < 4.78 is 4.55. The molecule has 1 unspecified atom stereocenters. The monoisotopic (exact) mass is 506 g/mol. The number of carbonyl (C=O) groups is 2. The van der Waals surface area contributed by atoms with Gasteiger partial charge in [-0.15, -0.1) is 0 Å². The summed E-state index contributed by atoms with van der Waals surface area (Å²) in [5, 5.41) is 2.73. The molecule has 1 saturated heterocycles. The highest BCUT2D eigenvalue weighted by molar-refractivity contribution is 5.88. The number of aryl methyl sites for hydroxylation is 1. The van der Waals surface area contributed by atoms with Crippen molar-refractivity contribution >= 4 is 24.0 Å². The number of nitrogens with one attached hydrogen (secondary N) is 1. The zero-order valence-electron chi connectivity index (χ0n) is 23.1. The van der Waals surface area contributed by atoms with Crippen LogP contribution in [-0.4, -0.2) is 55.0 Å². The van der Waals surface area contributed by atoms with Gasteiger partial charge in [0.15, 0.2) is 0 Å². The van der Waals surface area contributed by atoms with Gasteiger partial charge in [-0.3, -0.25) is 14.6 Å². The van der Waals surface area contributed by atoms with Crippen molar-refractivity contribution in [2.45, 2.75) is 64.5 Å².